The van der Waals surface area contributed by atoms with Crippen molar-refractivity contribution in [2.24, 2.45) is 0 Å². The molecule has 0 saturated carbocycles. The summed E-state index contributed by atoms with van der Waals surface area (Å²) >= 11 is 0. The van der Waals surface area contributed by atoms with E-state index in [0.29, 0.717) is 19.5 Å². The summed E-state index contributed by atoms with van der Waals surface area (Å²) in [6.45, 7) is 2.28. The first-order valence-corrected chi connectivity index (χ1v) is 5.92. The van der Waals surface area contributed by atoms with E-state index in [1.165, 1.54) is 0 Å². The van der Waals surface area contributed by atoms with Crippen molar-refractivity contribution in [1.82, 2.24) is 10.2 Å². The number of ether oxygens (including phenoxy) is 1. The summed E-state index contributed by atoms with van der Waals surface area (Å²) in [4.78, 5) is 24.4. The van der Waals surface area contributed by atoms with Crippen molar-refractivity contribution in [3.05, 3.63) is 0 Å². The van der Waals surface area contributed by atoms with E-state index in [0.717, 1.165) is 25.9 Å². The van der Waals surface area contributed by atoms with E-state index in [9.17, 15) is 9.59 Å². The number of carbonyl (C=O) groups is 2. The molecule has 0 radical (unpaired) electrons. The molecule has 0 bridgehead atoms. The van der Waals surface area contributed by atoms with Crippen LogP contribution < -0.4 is 5.32 Å². The Morgan fingerprint density at radius 3 is 3.00 bits per heavy atom. The second-order valence-corrected chi connectivity index (χ2v) is 4.36. The fourth-order valence-corrected chi connectivity index (χ4v) is 2.13. The van der Waals surface area contributed by atoms with E-state index >= 15 is 0 Å². The normalized spacial score (nSPS) is 25.1. The van der Waals surface area contributed by atoms with Gasteiger partial charge in [-0.25, -0.2) is 0 Å². The van der Waals surface area contributed by atoms with Crippen LogP contribution in [0.5, 0.6) is 0 Å². The fourth-order valence-electron chi connectivity index (χ4n) is 2.13. The third-order valence-corrected chi connectivity index (χ3v) is 3.06. The summed E-state index contributed by atoms with van der Waals surface area (Å²) in [5, 5.41) is 2.81. The lowest BCUT2D eigenvalue weighted by Crippen LogP contribution is -2.40. The quantitative estimate of drug-likeness (QED) is 0.728. The molecular weight excluding hydrogens is 208 g/mol. The molecule has 2 aliphatic rings. The van der Waals surface area contributed by atoms with E-state index < -0.39 is 0 Å². The van der Waals surface area contributed by atoms with Crippen LogP contribution in [-0.4, -0.2) is 49.1 Å². The molecular formula is C11H18N2O3. The van der Waals surface area contributed by atoms with Gasteiger partial charge in [-0.15, -0.1) is 0 Å². The van der Waals surface area contributed by atoms with E-state index in [4.69, 9.17) is 4.74 Å². The van der Waals surface area contributed by atoms with Gasteiger partial charge < -0.3 is 15.0 Å². The predicted molar refractivity (Wildman–Crippen MR) is 57.8 cm³/mol. The average molecular weight is 226 g/mol. The van der Waals surface area contributed by atoms with Gasteiger partial charge >= 0.3 is 0 Å². The Bertz CT molecular complexity index is 274. The van der Waals surface area contributed by atoms with E-state index in [1.807, 2.05) is 0 Å². The van der Waals surface area contributed by atoms with E-state index in [2.05, 4.69) is 5.32 Å². The number of rotatable bonds is 4. The van der Waals surface area contributed by atoms with Crippen LogP contribution in [0.2, 0.25) is 0 Å². The molecule has 0 spiro atoms. The Balaban J connectivity index is 1.65. The molecule has 2 amide bonds. The molecule has 0 aliphatic carbocycles. The summed E-state index contributed by atoms with van der Waals surface area (Å²) in [6, 6.07) is 0. The minimum atomic E-state index is -0.0780. The molecule has 1 N–H and O–H groups in total. The first-order chi connectivity index (χ1) is 7.75. The van der Waals surface area contributed by atoms with Crippen molar-refractivity contribution in [2.75, 3.05) is 26.2 Å². The van der Waals surface area contributed by atoms with Gasteiger partial charge in [0.1, 0.15) is 0 Å². The zero-order chi connectivity index (χ0) is 11.4. The Hall–Kier alpha value is -1.10. The Morgan fingerprint density at radius 1 is 1.50 bits per heavy atom. The van der Waals surface area contributed by atoms with Gasteiger partial charge in [-0.2, -0.15) is 0 Å². The van der Waals surface area contributed by atoms with Crippen molar-refractivity contribution in [2.45, 2.75) is 31.8 Å². The van der Waals surface area contributed by atoms with Gasteiger partial charge in [0.25, 0.3) is 0 Å². The van der Waals surface area contributed by atoms with Gasteiger partial charge in [0.2, 0.25) is 11.8 Å². The molecule has 2 saturated heterocycles. The number of hydrogen-bond acceptors (Lipinski definition) is 3. The number of carbonyl (C=O) groups excluding carboxylic acids is 2. The van der Waals surface area contributed by atoms with Crippen LogP contribution in [0.1, 0.15) is 25.7 Å². The zero-order valence-electron chi connectivity index (χ0n) is 9.41. The number of hydrogen-bond donors (Lipinski definition) is 1. The lowest BCUT2D eigenvalue weighted by molar-refractivity contribution is -0.133. The van der Waals surface area contributed by atoms with Crippen LogP contribution >= 0.6 is 0 Å². The van der Waals surface area contributed by atoms with Gasteiger partial charge in [-0.05, 0) is 19.3 Å². The van der Waals surface area contributed by atoms with Crippen molar-refractivity contribution in [3.8, 4) is 0 Å². The molecule has 0 aromatic rings. The molecule has 0 aromatic carbocycles. The zero-order valence-corrected chi connectivity index (χ0v) is 9.41. The standard InChI is InChI=1S/C11H18N2O3/c14-10(8-13-5-1-4-11(13)15)12-7-9-3-2-6-16-9/h9H,1-8H2,(H,12,14). The maximum atomic E-state index is 11.5. The summed E-state index contributed by atoms with van der Waals surface area (Å²) in [5.74, 6) is 0.0121. The van der Waals surface area contributed by atoms with Gasteiger partial charge in [-0.1, -0.05) is 0 Å². The van der Waals surface area contributed by atoms with Crippen molar-refractivity contribution >= 4 is 11.8 Å². The predicted octanol–water partition coefficient (Wildman–Crippen LogP) is -0.0960. The van der Waals surface area contributed by atoms with Crippen molar-refractivity contribution < 1.29 is 14.3 Å². The Kier molecular flexibility index (Phi) is 3.77. The summed E-state index contributed by atoms with van der Waals surface area (Å²) < 4.78 is 5.40. The molecule has 0 aromatic heterocycles. The smallest absolute Gasteiger partial charge is 0.239 e. The molecule has 2 heterocycles. The highest BCUT2D eigenvalue weighted by atomic mass is 16.5. The topological polar surface area (TPSA) is 58.6 Å². The Labute approximate surface area is 95.1 Å². The van der Waals surface area contributed by atoms with Crippen LogP contribution in [0, 0.1) is 0 Å². The molecule has 2 rings (SSSR count). The molecule has 16 heavy (non-hydrogen) atoms. The second kappa shape index (κ2) is 5.30. The molecule has 2 fully saturated rings. The molecule has 1 atom stereocenters. The maximum Gasteiger partial charge on any atom is 0.239 e. The van der Waals surface area contributed by atoms with Crippen LogP contribution in [0.3, 0.4) is 0 Å². The summed E-state index contributed by atoms with van der Waals surface area (Å²) in [7, 11) is 0. The van der Waals surface area contributed by atoms with Crippen LogP contribution in [-0.2, 0) is 14.3 Å². The molecule has 90 valence electrons. The van der Waals surface area contributed by atoms with Crippen LogP contribution in [0.15, 0.2) is 0 Å². The average Bonchev–Trinajstić information content (AvgIpc) is 2.88. The second-order valence-electron chi connectivity index (χ2n) is 4.36. The number of likely N-dealkylation sites (tertiary alicyclic amines) is 1. The lowest BCUT2D eigenvalue weighted by atomic mass is 10.2. The Morgan fingerprint density at radius 2 is 2.38 bits per heavy atom. The highest BCUT2D eigenvalue weighted by Crippen LogP contribution is 2.11. The number of nitrogens with zero attached hydrogens (tertiary/aromatic N) is 1. The summed E-state index contributed by atoms with van der Waals surface area (Å²) in [5.41, 5.74) is 0. The van der Waals surface area contributed by atoms with E-state index in [1.54, 1.807) is 4.90 Å². The van der Waals surface area contributed by atoms with Gasteiger partial charge in [0, 0.05) is 26.1 Å². The fraction of sp³-hybridized carbons (Fsp3) is 0.818. The van der Waals surface area contributed by atoms with Gasteiger partial charge in [0.15, 0.2) is 0 Å². The largest absolute Gasteiger partial charge is 0.376 e. The first-order valence-electron chi connectivity index (χ1n) is 5.92. The third-order valence-electron chi connectivity index (χ3n) is 3.06. The van der Waals surface area contributed by atoms with Crippen LogP contribution in [0.4, 0.5) is 0 Å². The van der Waals surface area contributed by atoms with Crippen LogP contribution in [0.25, 0.3) is 0 Å². The number of nitrogens with one attached hydrogen (secondary N) is 1. The highest BCUT2D eigenvalue weighted by molar-refractivity contribution is 5.85. The molecule has 1 unspecified atom stereocenters. The van der Waals surface area contributed by atoms with Gasteiger partial charge in [0.05, 0.1) is 12.6 Å². The van der Waals surface area contributed by atoms with Crippen molar-refractivity contribution in [1.29, 1.82) is 0 Å². The van der Waals surface area contributed by atoms with Gasteiger partial charge in [-0.3, -0.25) is 9.59 Å². The molecule has 2 aliphatic heterocycles. The van der Waals surface area contributed by atoms with Crippen molar-refractivity contribution in [3.63, 3.8) is 0 Å². The highest BCUT2D eigenvalue weighted by Gasteiger charge is 2.23. The first kappa shape index (κ1) is 11.4. The number of amides is 2. The lowest BCUT2D eigenvalue weighted by Gasteiger charge is -2.16. The van der Waals surface area contributed by atoms with E-state index in [-0.39, 0.29) is 24.5 Å². The molecule has 5 heteroatoms. The summed E-state index contributed by atoms with van der Waals surface area (Å²) in [6.07, 6.45) is 3.71. The third kappa shape index (κ3) is 2.95. The minimum absolute atomic E-state index is 0.0780. The maximum absolute atomic E-state index is 11.5. The monoisotopic (exact) mass is 226 g/mol. The molecule has 5 nitrogen and oxygen atoms in total. The SMILES string of the molecule is O=C(CN1CCCC1=O)NCC1CCCO1. The minimum Gasteiger partial charge on any atom is -0.376 e.